The highest BCUT2D eigenvalue weighted by atomic mass is 32.1. The van der Waals surface area contributed by atoms with E-state index in [2.05, 4.69) is 32.0 Å². The molecule has 2 fully saturated rings. The Balaban J connectivity index is 1.50. The first-order valence-corrected chi connectivity index (χ1v) is 9.25. The molecule has 1 saturated heterocycles. The molecule has 1 N–H and O–H groups in total. The molecule has 2 aromatic heterocycles. The number of thiophene rings is 1. The summed E-state index contributed by atoms with van der Waals surface area (Å²) >= 11 is 1.74. The zero-order valence-corrected chi connectivity index (χ0v) is 14.0. The van der Waals surface area contributed by atoms with Crippen LogP contribution in [0.15, 0.2) is 29.1 Å². The van der Waals surface area contributed by atoms with Crippen molar-refractivity contribution in [2.45, 2.75) is 37.9 Å². The van der Waals surface area contributed by atoms with Crippen molar-refractivity contribution in [2.24, 2.45) is 0 Å². The molecule has 0 bridgehead atoms. The van der Waals surface area contributed by atoms with Gasteiger partial charge in [0.1, 0.15) is 11.6 Å². The first kappa shape index (κ1) is 15.1. The van der Waals surface area contributed by atoms with Crippen LogP contribution in [0.3, 0.4) is 0 Å². The van der Waals surface area contributed by atoms with Gasteiger partial charge in [0.15, 0.2) is 0 Å². The van der Waals surface area contributed by atoms with Crippen molar-refractivity contribution in [1.82, 2.24) is 14.9 Å². The van der Waals surface area contributed by atoms with Gasteiger partial charge >= 0.3 is 0 Å². The van der Waals surface area contributed by atoms with Crippen molar-refractivity contribution in [3.8, 4) is 0 Å². The zero-order chi connectivity index (χ0) is 15.5. The Morgan fingerprint density at radius 1 is 1.35 bits per heavy atom. The maximum Gasteiger partial charge on any atom is 0.150 e. The second-order valence-electron chi connectivity index (χ2n) is 6.27. The molecule has 23 heavy (non-hydrogen) atoms. The SMILES string of the molecule is c1cc(NC2CCC2)nc([C@@H]2COCCN2Cc2ccsc2)n1. The molecule has 1 aliphatic carbocycles. The van der Waals surface area contributed by atoms with Gasteiger partial charge in [-0.3, -0.25) is 4.90 Å². The molecule has 1 atom stereocenters. The minimum absolute atomic E-state index is 0.131. The summed E-state index contributed by atoms with van der Waals surface area (Å²) in [5, 5.41) is 7.85. The van der Waals surface area contributed by atoms with E-state index >= 15 is 0 Å². The van der Waals surface area contributed by atoms with Crippen molar-refractivity contribution in [3.63, 3.8) is 0 Å². The number of hydrogen-bond acceptors (Lipinski definition) is 6. The van der Waals surface area contributed by atoms with E-state index in [0.717, 1.165) is 31.3 Å². The summed E-state index contributed by atoms with van der Waals surface area (Å²) in [6, 6.07) is 4.87. The summed E-state index contributed by atoms with van der Waals surface area (Å²) < 4.78 is 5.70. The monoisotopic (exact) mass is 330 g/mol. The topological polar surface area (TPSA) is 50.3 Å². The maximum atomic E-state index is 5.70. The molecule has 0 radical (unpaired) electrons. The van der Waals surface area contributed by atoms with Crippen LogP contribution in [-0.4, -0.2) is 40.7 Å². The number of rotatable bonds is 5. The molecular weight excluding hydrogens is 308 g/mol. The number of aromatic nitrogens is 2. The minimum Gasteiger partial charge on any atom is -0.378 e. The van der Waals surface area contributed by atoms with Gasteiger partial charge in [-0.2, -0.15) is 11.3 Å². The number of ether oxygens (including phenoxy) is 1. The zero-order valence-electron chi connectivity index (χ0n) is 13.1. The summed E-state index contributed by atoms with van der Waals surface area (Å²) in [6.45, 7) is 3.29. The van der Waals surface area contributed by atoms with Crippen molar-refractivity contribution < 1.29 is 4.74 Å². The first-order valence-electron chi connectivity index (χ1n) is 8.31. The molecule has 0 amide bonds. The van der Waals surface area contributed by atoms with E-state index in [1.54, 1.807) is 11.3 Å². The lowest BCUT2D eigenvalue weighted by Crippen LogP contribution is -2.40. The largest absolute Gasteiger partial charge is 0.378 e. The molecule has 0 spiro atoms. The molecule has 0 unspecified atom stereocenters. The fourth-order valence-electron chi connectivity index (χ4n) is 3.06. The highest BCUT2D eigenvalue weighted by Gasteiger charge is 2.27. The molecule has 4 rings (SSSR count). The van der Waals surface area contributed by atoms with E-state index in [-0.39, 0.29) is 6.04 Å². The third-order valence-corrected chi connectivity index (χ3v) is 5.37. The van der Waals surface area contributed by atoms with Crippen LogP contribution in [0.5, 0.6) is 0 Å². The van der Waals surface area contributed by atoms with Crippen LogP contribution < -0.4 is 5.32 Å². The first-order chi connectivity index (χ1) is 11.4. The third kappa shape index (κ3) is 3.54. The molecular formula is C17H22N4OS. The second kappa shape index (κ2) is 6.95. The maximum absolute atomic E-state index is 5.70. The van der Waals surface area contributed by atoms with E-state index in [4.69, 9.17) is 9.72 Å². The number of anilines is 1. The van der Waals surface area contributed by atoms with E-state index < -0.39 is 0 Å². The van der Waals surface area contributed by atoms with Gasteiger partial charge < -0.3 is 10.1 Å². The van der Waals surface area contributed by atoms with Crippen LogP contribution in [0.25, 0.3) is 0 Å². The average Bonchev–Trinajstić information content (AvgIpc) is 3.05. The van der Waals surface area contributed by atoms with Crippen molar-refractivity contribution in [2.75, 3.05) is 25.1 Å². The highest BCUT2D eigenvalue weighted by Crippen LogP contribution is 2.26. The van der Waals surface area contributed by atoms with Gasteiger partial charge in [-0.25, -0.2) is 9.97 Å². The standard InChI is InChI=1S/C17H22N4OS/c1-2-14(3-1)19-16-4-6-18-17(20-16)15-11-22-8-7-21(15)10-13-5-9-23-12-13/h4-6,9,12,14-15H,1-3,7-8,10-11H2,(H,18,19,20)/t15-/m0/s1. The van der Waals surface area contributed by atoms with Crippen LogP contribution in [0.4, 0.5) is 5.82 Å². The highest BCUT2D eigenvalue weighted by molar-refractivity contribution is 7.07. The van der Waals surface area contributed by atoms with E-state index in [0.29, 0.717) is 12.6 Å². The van der Waals surface area contributed by atoms with Crippen LogP contribution in [0, 0.1) is 0 Å². The number of hydrogen-bond donors (Lipinski definition) is 1. The van der Waals surface area contributed by atoms with Crippen molar-refractivity contribution >= 4 is 17.2 Å². The number of nitrogens with zero attached hydrogens (tertiary/aromatic N) is 3. The third-order valence-electron chi connectivity index (χ3n) is 4.63. The Morgan fingerprint density at radius 2 is 2.30 bits per heavy atom. The fraction of sp³-hybridized carbons (Fsp3) is 0.529. The Bertz CT molecular complexity index is 629. The Kier molecular flexibility index (Phi) is 4.55. The van der Waals surface area contributed by atoms with Crippen LogP contribution in [0.2, 0.25) is 0 Å². The van der Waals surface area contributed by atoms with Gasteiger partial charge in [0, 0.05) is 25.3 Å². The number of nitrogens with one attached hydrogen (secondary N) is 1. The van der Waals surface area contributed by atoms with Gasteiger partial charge in [-0.05, 0) is 47.7 Å². The molecule has 0 aromatic carbocycles. The van der Waals surface area contributed by atoms with Gasteiger partial charge in [0.2, 0.25) is 0 Å². The predicted molar refractivity (Wildman–Crippen MR) is 91.6 cm³/mol. The molecule has 3 heterocycles. The molecule has 1 saturated carbocycles. The van der Waals surface area contributed by atoms with E-state index in [1.165, 1.54) is 24.8 Å². The van der Waals surface area contributed by atoms with Crippen molar-refractivity contribution in [3.05, 3.63) is 40.5 Å². The molecule has 6 heteroatoms. The van der Waals surface area contributed by atoms with Gasteiger partial charge in [0.25, 0.3) is 0 Å². The Hall–Kier alpha value is -1.50. The van der Waals surface area contributed by atoms with E-state index in [9.17, 15) is 0 Å². The Labute approximate surface area is 140 Å². The molecule has 2 aliphatic rings. The van der Waals surface area contributed by atoms with Crippen molar-refractivity contribution in [1.29, 1.82) is 0 Å². The lowest BCUT2D eigenvalue weighted by molar-refractivity contribution is -0.0158. The summed E-state index contributed by atoms with van der Waals surface area (Å²) in [4.78, 5) is 11.7. The lowest BCUT2D eigenvalue weighted by Gasteiger charge is -2.34. The summed E-state index contributed by atoms with van der Waals surface area (Å²) in [6.07, 6.45) is 5.67. The predicted octanol–water partition coefficient (Wildman–Crippen LogP) is 3.08. The van der Waals surface area contributed by atoms with E-state index in [1.807, 2.05) is 12.3 Å². The summed E-state index contributed by atoms with van der Waals surface area (Å²) in [5.41, 5.74) is 1.35. The number of morpholine rings is 1. The second-order valence-corrected chi connectivity index (χ2v) is 7.05. The molecule has 2 aromatic rings. The normalized spacial score (nSPS) is 22.7. The van der Waals surface area contributed by atoms with Crippen LogP contribution in [-0.2, 0) is 11.3 Å². The molecule has 1 aliphatic heterocycles. The molecule has 122 valence electrons. The van der Waals surface area contributed by atoms with Crippen LogP contribution >= 0.6 is 11.3 Å². The quantitative estimate of drug-likeness (QED) is 0.913. The van der Waals surface area contributed by atoms with Crippen LogP contribution in [0.1, 0.15) is 36.7 Å². The smallest absolute Gasteiger partial charge is 0.150 e. The summed E-state index contributed by atoms with van der Waals surface area (Å²) in [5.74, 6) is 1.81. The van der Waals surface area contributed by atoms with Gasteiger partial charge in [-0.1, -0.05) is 0 Å². The van der Waals surface area contributed by atoms with Gasteiger partial charge in [0.05, 0.1) is 19.3 Å². The fourth-order valence-corrected chi connectivity index (χ4v) is 3.72. The molecule has 5 nitrogen and oxygen atoms in total. The summed E-state index contributed by atoms with van der Waals surface area (Å²) in [7, 11) is 0. The Morgan fingerprint density at radius 3 is 3.09 bits per heavy atom. The minimum atomic E-state index is 0.131. The average molecular weight is 330 g/mol. The van der Waals surface area contributed by atoms with Gasteiger partial charge in [-0.15, -0.1) is 0 Å². The lowest BCUT2D eigenvalue weighted by atomic mass is 9.93.